The van der Waals surface area contributed by atoms with Gasteiger partial charge in [-0.15, -0.1) is 0 Å². The van der Waals surface area contributed by atoms with E-state index in [2.05, 4.69) is 13.8 Å². The Kier molecular flexibility index (Phi) is 4.82. The molecule has 1 unspecified atom stereocenters. The van der Waals surface area contributed by atoms with Crippen LogP contribution in [0.1, 0.15) is 30.6 Å². The molecule has 0 aromatic heterocycles. The molecular weight excluding hydrogens is 220 g/mol. The van der Waals surface area contributed by atoms with Gasteiger partial charge in [0.15, 0.2) is 0 Å². The van der Waals surface area contributed by atoms with Crippen molar-refractivity contribution in [3.63, 3.8) is 0 Å². The molecule has 1 rings (SSSR count). The second kappa shape index (κ2) is 6.13. The topological polar surface area (TPSA) is 55.8 Å². The number of hydrogen-bond donors (Lipinski definition) is 1. The molecule has 4 heteroatoms. The summed E-state index contributed by atoms with van der Waals surface area (Å²) in [6.07, 6.45) is 0.992. The highest BCUT2D eigenvalue weighted by molar-refractivity contribution is 5.91. The van der Waals surface area contributed by atoms with Crippen molar-refractivity contribution in [3.05, 3.63) is 23.8 Å². The molecule has 0 fully saturated rings. The molecule has 1 atom stereocenters. The number of rotatable bonds is 6. The number of carboxylic acids is 1. The molecule has 4 nitrogen and oxygen atoms in total. The first kappa shape index (κ1) is 13.4. The first-order valence-electron chi connectivity index (χ1n) is 5.62. The van der Waals surface area contributed by atoms with Crippen LogP contribution in [-0.2, 0) is 0 Å². The molecule has 1 N–H and O–H groups in total. The van der Waals surface area contributed by atoms with E-state index in [0.717, 1.165) is 6.42 Å². The van der Waals surface area contributed by atoms with Crippen LogP contribution in [0.15, 0.2) is 18.2 Å². The summed E-state index contributed by atoms with van der Waals surface area (Å²) in [5, 5.41) is 9.03. The van der Waals surface area contributed by atoms with E-state index in [-0.39, 0.29) is 5.56 Å². The molecule has 0 saturated carbocycles. The number of carboxylic acid groups (broad SMARTS) is 1. The predicted molar refractivity (Wildman–Crippen MR) is 64.9 cm³/mol. The van der Waals surface area contributed by atoms with Crippen LogP contribution in [0, 0.1) is 5.92 Å². The molecule has 1 aromatic rings. The Bertz CT molecular complexity index is 387. The van der Waals surface area contributed by atoms with E-state index in [1.807, 2.05) is 0 Å². The van der Waals surface area contributed by atoms with Gasteiger partial charge in [-0.25, -0.2) is 4.79 Å². The van der Waals surface area contributed by atoms with E-state index in [0.29, 0.717) is 24.0 Å². The Morgan fingerprint density at radius 1 is 1.47 bits per heavy atom. The van der Waals surface area contributed by atoms with Gasteiger partial charge in [0.1, 0.15) is 17.1 Å². The number of ether oxygens (including phenoxy) is 2. The van der Waals surface area contributed by atoms with Gasteiger partial charge in [-0.3, -0.25) is 0 Å². The van der Waals surface area contributed by atoms with Crippen LogP contribution in [0.5, 0.6) is 11.5 Å². The minimum atomic E-state index is -0.994. The molecule has 0 amide bonds. The average molecular weight is 238 g/mol. The number of aromatic carboxylic acids is 1. The van der Waals surface area contributed by atoms with E-state index in [9.17, 15) is 4.79 Å². The van der Waals surface area contributed by atoms with Crippen molar-refractivity contribution >= 4 is 5.97 Å². The van der Waals surface area contributed by atoms with Crippen LogP contribution in [0.2, 0.25) is 0 Å². The van der Waals surface area contributed by atoms with E-state index < -0.39 is 5.97 Å². The van der Waals surface area contributed by atoms with Crippen molar-refractivity contribution in [1.29, 1.82) is 0 Å². The lowest BCUT2D eigenvalue weighted by molar-refractivity contribution is 0.0691. The van der Waals surface area contributed by atoms with Gasteiger partial charge in [0, 0.05) is 6.07 Å². The Labute approximate surface area is 101 Å². The van der Waals surface area contributed by atoms with Crippen molar-refractivity contribution in [2.75, 3.05) is 13.7 Å². The van der Waals surface area contributed by atoms with E-state index >= 15 is 0 Å². The summed E-state index contributed by atoms with van der Waals surface area (Å²) in [6.45, 7) is 4.63. The fourth-order valence-electron chi connectivity index (χ4n) is 1.28. The fourth-order valence-corrected chi connectivity index (χ4v) is 1.28. The molecular formula is C13H18O4. The second-order valence-electron chi connectivity index (χ2n) is 3.99. The summed E-state index contributed by atoms with van der Waals surface area (Å²) in [6, 6.07) is 4.71. The standard InChI is InChI=1S/C13H18O4/c1-4-9(2)8-17-12-7-10(16-3)5-6-11(12)13(14)15/h5-7,9H,4,8H2,1-3H3,(H,14,15). The van der Waals surface area contributed by atoms with Crippen molar-refractivity contribution in [3.8, 4) is 11.5 Å². The highest BCUT2D eigenvalue weighted by atomic mass is 16.5. The lowest BCUT2D eigenvalue weighted by atomic mass is 10.1. The lowest BCUT2D eigenvalue weighted by Gasteiger charge is -2.13. The Morgan fingerprint density at radius 2 is 2.18 bits per heavy atom. The molecule has 94 valence electrons. The largest absolute Gasteiger partial charge is 0.497 e. The summed E-state index contributed by atoms with van der Waals surface area (Å²) in [5.74, 6) is 0.348. The zero-order valence-corrected chi connectivity index (χ0v) is 10.4. The molecule has 1 aromatic carbocycles. The summed E-state index contributed by atoms with van der Waals surface area (Å²) in [4.78, 5) is 11.0. The maximum absolute atomic E-state index is 11.0. The monoisotopic (exact) mass is 238 g/mol. The lowest BCUT2D eigenvalue weighted by Crippen LogP contribution is -2.10. The Morgan fingerprint density at radius 3 is 2.71 bits per heavy atom. The van der Waals surface area contributed by atoms with Crippen molar-refractivity contribution in [2.45, 2.75) is 20.3 Å². The maximum Gasteiger partial charge on any atom is 0.339 e. The molecule has 0 heterocycles. The molecule has 0 bridgehead atoms. The van der Waals surface area contributed by atoms with Gasteiger partial charge < -0.3 is 14.6 Å². The maximum atomic E-state index is 11.0. The van der Waals surface area contributed by atoms with Crippen LogP contribution in [0.25, 0.3) is 0 Å². The summed E-state index contributed by atoms with van der Waals surface area (Å²) in [7, 11) is 1.54. The van der Waals surface area contributed by atoms with Gasteiger partial charge in [0.05, 0.1) is 13.7 Å². The third kappa shape index (κ3) is 3.66. The van der Waals surface area contributed by atoms with Gasteiger partial charge in [-0.05, 0) is 18.1 Å². The first-order valence-corrected chi connectivity index (χ1v) is 5.62. The third-order valence-corrected chi connectivity index (χ3v) is 2.64. The van der Waals surface area contributed by atoms with Crippen LogP contribution >= 0.6 is 0 Å². The highest BCUT2D eigenvalue weighted by Crippen LogP contribution is 2.25. The molecule has 0 aliphatic heterocycles. The van der Waals surface area contributed by atoms with E-state index in [4.69, 9.17) is 14.6 Å². The summed E-state index contributed by atoms with van der Waals surface area (Å²) >= 11 is 0. The van der Waals surface area contributed by atoms with Gasteiger partial charge in [0.25, 0.3) is 0 Å². The SMILES string of the molecule is CCC(C)COc1cc(OC)ccc1C(=O)O. The number of carbonyl (C=O) groups is 1. The highest BCUT2D eigenvalue weighted by Gasteiger charge is 2.13. The van der Waals surface area contributed by atoms with Gasteiger partial charge in [-0.1, -0.05) is 20.3 Å². The smallest absolute Gasteiger partial charge is 0.339 e. The summed E-state index contributed by atoms with van der Waals surface area (Å²) < 4.78 is 10.6. The number of benzene rings is 1. The van der Waals surface area contributed by atoms with Crippen LogP contribution in [0.3, 0.4) is 0 Å². The normalized spacial score (nSPS) is 11.9. The minimum Gasteiger partial charge on any atom is -0.497 e. The van der Waals surface area contributed by atoms with Crippen molar-refractivity contribution in [2.24, 2.45) is 5.92 Å². The predicted octanol–water partition coefficient (Wildman–Crippen LogP) is 2.82. The average Bonchev–Trinajstić information content (AvgIpc) is 2.35. The third-order valence-electron chi connectivity index (χ3n) is 2.64. The van der Waals surface area contributed by atoms with Crippen LogP contribution < -0.4 is 9.47 Å². The molecule has 0 spiro atoms. The van der Waals surface area contributed by atoms with E-state index in [1.54, 1.807) is 12.1 Å². The van der Waals surface area contributed by atoms with Crippen molar-refractivity contribution < 1.29 is 19.4 Å². The molecule has 0 radical (unpaired) electrons. The molecule has 17 heavy (non-hydrogen) atoms. The zero-order chi connectivity index (χ0) is 12.8. The molecule has 0 aliphatic carbocycles. The number of methoxy groups -OCH3 is 1. The quantitative estimate of drug-likeness (QED) is 0.828. The van der Waals surface area contributed by atoms with E-state index in [1.165, 1.54) is 13.2 Å². The Hall–Kier alpha value is -1.71. The van der Waals surface area contributed by atoms with Gasteiger partial charge in [0.2, 0.25) is 0 Å². The van der Waals surface area contributed by atoms with Crippen LogP contribution in [0.4, 0.5) is 0 Å². The minimum absolute atomic E-state index is 0.161. The first-order chi connectivity index (χ1) is 8.08. The van der Waals surface area contributed by atoms with Crippen LogP contribution in [-0.4, -0.2) is 24.8 Å². The van der Waals surface area contributed by atoms with Crippen molar-refractivity contribution in [1.82, 2.24) is 0 Å². The van der Waals surface area contributed by atoms with Gasteiger partial charge >= 0.3 is 5.97 Å². The fraction of sp³-hybridized carbons (Fsp3) is 0.462. The van der Waals surface area contributed by atoms with Gasteiger partial charge in [-0.2, -0.15) is 0 Å². The summed E-state index contributed by atoms with van der Waals surface area (Å²) in [5.41, 5.74) is 0.161. The number of hydrogen-bond acceptors (Lipinski definition) is 3. The second-order valence-corrected chi connectivity index (χ2v) is 3.99. The zero-order valence-electron chi connectivity index (χ0n) is 10.4. The molecule has 0 saturated heterocycles. The molecule has 0 aliphatic rings. The Balaban J connectivity index is 2.89.